The number of amides is 5. The van der Waals surface area contributed by atoms with Crippen LogP contribution in [0, 0.1) is 17.3 Å². The molecule has 0 spiro atoms. The Labute approximate surface area is 295 Å². The van der Waals surface area contributed by atoms with E-state index in [4.69, 9.17) is 0 Å². The summed E-state index contributed by atoms with van der Waals surface area (Å²) < 4.78 is 0. The number of rotatable bonds is 13. The molecule has 3 aliphatic carbocycles. The van der Waals surface area contributed by atoms with E-state index in [2.05, 4.69) is 31.2 Å². The van der Waals surface area contributed by atoms with Gasteiger partial charge in [0.1, 0.15) is 23.8 Å². The number of Topliss-reactive ketones (excluding diaryl/α,β-unsaturated/α-hetero) is 1. The van der Waals surface area contributed by atoms with Crippen molar-refractivity contribution in [3.05, 3.63) is 24.3 Å². The molecule has 1 aromatic heterocycles. The first kappa shape index (κ1) is 37.4. The second kappa shape index (κ2) is 16.4. The van der Waals surface area contributed by atoms with Crippen LogP contribution in [-0.2, 0) is 24.0 Å². The minimum atomic E-state index is -0.997. The number of likely N-dealkylation sites (tertiary alicyclic amines) is 1. The molecule has 0 aromatic carbocycles. The minimum absolute atomic E-state index is 0.0121. The molecule has 5 rings (SSSR count). The molecule has 274 valence electrons. The Morgan fingerprint density at radius 1 is 0.880 bits per heavy atom. The molecule has 50 heavy (non-hydrogen) atoms. The molecule has 1 aromatic rings. The number of carbonyl (C=O) groups excluding carboxylic acids is 6. The summed E-state index contributed by atoms with van der Waals surface area (Å²) in [4.78, 5) is 91.9. The van der Waals surface area contributed by atoms with Gasteiger partial charge in [-0.2, -0.15) is 0 Å². The van der Waals surface area contributed by atoms with Gasteiger partial charge in [-0.3, -0.25) is 33.8 Å². The van der Waals surface area contributed by atoms with E-state index in [0.717, 1.165) is 70.6 Å². The molecule has 4 aliphatic rings. The predicted octanol–water partition coefficient (Wildman–Crippen LogP) is 2.98. The number of fused-ring (bicyclic) bond motifs is 1. The van der Waals surface area contributed by atoms with Crippen molar-refractivity contribution in [2.75, 3.05) is 0 Å². The fourth-order valence-electron chi connectivity index (χ4n) is 8.01. The van der Waals surface area contributed by atoms with Crippen LogP contribution in [0.5, 0.6) is 0 Å². The fourth-order valence-corrected chi connectivity index (χ4v) is 8.01. The molecule has 4 fully saturated rings. The number of hydrogen-bond donors (Lipinski definition) is 4. The normalized spacial score (nSPS) is 24.2. The summed E-state index contributed by atoms with van der Waals surface area (Å²) >= 11 is 0. The van der Waals surface area contributed by atoms with Gasteiger partial charge in [0.25, 0.3) is 11.8 Å². The predicted molar refractivity (Wildman–Crippen MR) is 185 cm³/mol. The molecule has 13 heteroatoms. The Morgan fingerprint density at radius 3 is 2.22 bits per heavy atom. The van der Waals surface area contributed by atoms with Crippen LogP contribution < -0.4 is 21.3 Å². The van der Waals surface area contributed by atoms with Crippen LogP contribution in [0.15, 0.2) is 18.6 Å². The second-order valence-electron chi connectivity index (χ2n) is 15.8. The van der Waals surface area contributed by atoms with Crippen molar-refractivity contribution in [2.24, 2.45) is 17.3 Å². The average molecular weight is 694 g/mol. The summed E-state index contributed by atoms with van der Waals surface area (Å²) in [6.45, 7) is 7.52. The van der Waals surface area contributed by atoms with E-state index < -0.39 is 59.0 Å². The lowest BCUT2D eigenvalue weighted by Gasteiger charge is -2.40. The quantitative estimate of drug-likeness (QED) is 0.228. The minimum Gasteiger partial charge on any atom is -0.347 e. The Balaban J connectivity index is 1.38. The maximum atomic E-state index is 14.8. The average Bonchev–Trinajstić information content (AvgIpc) is 3.84. The molecule has 13 nitrogen and oxygen atoms in total. The highest BCUT2D eigenvalue weighted by molar-refractivity contribution is 6.38. The highest BCUT2D eigenvalue weighted by Gasteiger charge is 2.51. The van der Waals surface area contributed by atoms with Gasteiger partial charge in [-0.25, -0.2) is 4.98 Å². The van der Waals surface area contributed by atoms with Gasteiger partial charge < -0.3 is 26.2 Å². The van der Waals surface area contributed by atoms with Crippen LogP contribution in [0.4, 0.5) is 0 Å². The summed E-state index contributed by atoms with van der Waals surface area (Å²) in [5.41, 5.74) is -0.641. The van der Waals surface area contributed by atoms with E-state index in [1.54, 1.807) is 4.90 Å². The molecule has 0 bridgehead atoms. The van der Waals surface area contributed by atoms with E-state index in [0.29, 0.717) is 19.3 Å². The van der Waals surface area contributed by atoms with Gasteiger partial charge in [-0.1, -0.05) is 66.2 Å². The lowest BCUT2D eigenvalue weighted by Crippen LogP contribution is -2.63. The van der Waals surface area contributed by atoms with Crippen LogP contribution >= 0.6 is 0 Å². The Morgan fingerprint density at radius 2 is 1.58 bits per heavy atom. The van der Waals surface area contributed by atoms with Crippen LogP contribution in [0.25, 0.3) is 0 Å². The molecule has 3 saturated carbocycles. The maximum absolute atomic E-state index is 14.8. The fraction of sp³-hybridized carbons (Fsp3) is 0.730. The molecule has 5 amide bonds. The number of hydrogen-bond acceptors (Lipinski definition) is 8. The first-order valence-electron chi connectivity index (χ1n) is 18.7. The van der Waals surface area contributed by atoms with Crippen molar-refractivity contribution in [1.82, 2.24) is 36.1 Å². The maximum Gasteiger partial charge on any atom is 0.289 e. The van der Waals surface area contributed by atoms with Crippen molar-refractivity contribution < 1.29 is 28.8 Å². The molecule has 1 aliphatic heterocycles. The molecule has 1 saturated heterocycles. The highest BCUT2D eigenvalue weighted by Crippen LogP contribution is 2.41. The van der Waals surface area contributed by atoms with Gasteiger partial charge >= 0.3 is 0 Å². The Kier molecular flexibility index (Phi) is 12.3. The third kappa shape index (κ3) is 9.06. The topological polar surface area (TPSA) is 180 Å². The summed E-state index contributed by atoms with van der Waals surface area (Å²) in [6, 6.07) is -3.89. The highest BCUT2D eigenvalue weighted by atomic mass is 16.2. The van der Waals surface area contributed by atoms with E-state index in [1.807, 2.05) is 27.7 Å². The summed E-state index contributed by atoms with van der Waals surface area (Å²) in [5, 5.41) is 11.5. The number of nitrogens with zero attached hydrogens (tertiary/aromatic N) is 3. The summed E-state index contributed by atoms with van der Waals surface area (Å²) in [7, 11) is 0. The number of carbonyl (C=O) groups is 6. The number of nitrogens with one attached hydrogen (secondary N) is 4. The van der Waals surface area contributed by atoms with Crippen molar-refractivity contribution in [2.45, 2.75) is 154 Å². The zero-order valence-corrected chi connectivity index (χ0v) is 30.0. The zero-order valence-electron chi connectivity index (χ0n) is 30.0. The van der Waals surface area contributed by atoms with E-state index in [-0.39, 0.29) is 35.5 Å². The Bertz CT molecular complexity index is 1400. The van der Waals surface area contributed by atoms with Gasteiger partial charge in [-0.05, 0) is 68.6 Å². The largest absolute Gasteiger partial charge is 0.347 e. The molecule has 4 N–H and O–H groups in total. The van der Waals surface area contributed by atoms with Gasteiger partial charge in [0.15, 0.2) is 0 Å². The second-order valence-corrected chi connectivity index (χ2v) is 15.8. The lowest BCUT2D eigenvalue weighted by molar-refractivity contribution is -0.147. The Hall–Kier alpha value is -3.90. The van der Waals surface area contributed by atoms with Crippen molar-refractivity contribution in [1.29, 1.82) is 0 Å². The smallest absolute Gasteiger partial charge is 0.289 e. The van der Waals surface area contributed by atoms with Crippen LogP contribution in [0.1, 0.15) is 128 Å². The SMILES string of the molecule is CCCC(NC(=O)[C@@H]1CC2CCCCC2N1C(=O)[C@@H](NC(=O)C(NC(=O)c1cnccn1)C1CCCCC1)C(C)(C)C)C(=O)C(=O)NC1CC1. The monoisotopic (exact) mass is 693 g/mol. The van der Waals surface area contributed by atoms with E-state index >= 15 is 0 Å². The van der Waals surface area contributed by atoms with Gasteiger partial charge in [0.2, 0.25) is 23.5 Å². The van der Waals surface area contributed by atoms with Crippen molar-refractivity contribution in [3.63, 3.8) is 0 Å². The standard InChI is InChI=1S/C37H55N7O6/c1-5-11-25(30(45)35(49)40-24-16-17-24)41-33(47)28-20-23-14-9-10-15-27(23)44(28)36(50)31(37(2,3)4)43-34(48)29(22-12-7-6-8-13-22)42-32(46)26-21-38-18-19-39-26/h18-19,21-25,27-29,31H,5-17,20H2,1-4H3,(H,40,49)(H,41,47)(H,42,46)(H,43,48)/t23?,25?,27?,28-,29?,31+/m0/s1. The van der Waals surface area contributed by atoms with E-state index in [9.17, 15) is 28.8 Å². The van der Waals surface area contributed by atoms with Crippen LogP contribution in [0.2, 0.25) is 0 Å². The molecule has 2 heterocycles. The molecule has 4 unspecified atom stereocenters. The van der Waals surface area contributed by atoms with Crippen LogP contribution in [-0.4, -0.2) is 86.4 Å². The third-order valence-electron chi connectivity index (χ3n) is 10.9. The first-order valence-corrected chi connectivity index (χ1v) is 18.7. The molecule has 6 atom stereocenters. The lowest BCUT2D eigenvalue weighted by atomic mass is 9.81. The molecule has 0 radical (unpaired) electrons. The van der Waals surface area contributed by atoms with Gasteiger partial charge in [0, 0.05) is 24.5 Å². The van der Waals surface area contributed by atoms with Gasteiger partial charge in [0.05, 0.1) is 12.2 Å². The van der Waals surface area contributed by atoms with E-state index in [1.165, 1.54) is 18.6 Å². The number of aromatic nitrogens is 2. The third-order valence-corrected chi connectivity index (χ3v) is 10.9. The van der Waals surface area contributed by atoms with Crippen LogP contribution in [0.3, 0.4) is 0 Å². The molecular weight excluding hydrogens is 638 g/mol. The first-order chi connectivity index (χ1) is 23.9. The molecular formula is C37H55N7O6. The van der Waals surface area contributed by atoms with Crippen molar-refractivity contribution in [3.8, 4) is 0 Å². The van der Waals surface area contributed by atoms with Crippen molar-refractivity contribution >= 4 is 35.3 Å². The number of ketones is 1. The summed E-state index contributed by atoms with van der Waals surface area (Å²) in [6.07, 6.45) is 15.3. The zero-order chi connectivity index (χ0) is 36.0. The summed E-state index contributed by atoms with van der Waals surface area (Å²) in [5.74, 6) is -3.12. The van der Waals surface area contributed by atoms with Gasteiger partial charge in [-0.15, -0.1) is 0 Å².